The number of ether oxygens (including phenoxy) is 1. The van der Waals surface area contributed by atoms with Crippen molar-refractivity contribution in [2.45, 2.75) is 13.5 Å². The highest BCUT2D eigenvalue weighted by molar-refractivity contribution is 6.00. The average Bonchev–Trinajstić information content (AvgIpc) is 2.72. The van der Waals surface area contributed by atoms with Gasteiger partial charge in [0.25, 0.3) is 5.91 Å². The summed E-state index contributed by atoms with van der Waals surface area (Å²) < 4.78 is 5.22. The molecule has 148 valence electrons. The van der Waals surface area contributed by atoms with Crippen LogP contribution in [-0.4, -0.2) is 19.0 Å². The van der Waals surface area contributed by atoms with Crippen LogP contribution in [0.2, 0.25) is 0 Å². The van der Waals surface area contributed by atoms with Gasteiger partial charge in [-0.05, 0) is 54.4 Å². The normalized spacial score (nSPS) is 10.1. The monoisotopic (exact) mass is 389 g/mol. The molecule has 0 aliphatic heterocycles. The van der Waals surface area contributed by atoms with Gasteiger partial charge >= 0.3 is 6.03 Å². The lowest BCUT2D eigenvalue weighted by Gasteiger charge is -2.11. The number of para-hydroxylation sites is 1. The van der Waals surface area contributed by atoms with Gasteiger partial charge in [-0.15, -0.1) is 0 Å². The Bertz CT molecular complexity index is 1020. The molecule has 0 aromatic heterocycles. The van der Waals surface area contributed by atoms with Crippen LogP contribution in [0.5, 0.6) is 5.75 Å². The van der Waals surface area contributed by atoms with Gasteiger partial charge in [0.2, 0.25) is 0 Å². The van der Waals surface area contributed by atoms with Crippen LogP contribution in [0.1, 0.15) is 21.5 Å². The van der Waals surface area contributed by atoms with Crippen LogP contribution in [-0.2, 0) is 6.54 Å². The van der Waals surface area contributed by atoms with E-state index < -0.39 is 0 Å². The molecule has 0 aliphatic carbocycles. The molecule has 6 nitrogen and oxygen atoms in total. The first-order chi connectivity index (χ1) is 14.0. The zero-order chi connectivity index (χ0) is 20.6. The van der Waals surface area contributed by atoms with Crippen molar-refractivity contribution in [2.75, 3.05) is 17.7 Å². The summed E-state index contributed by atoms with van der Waals surface area (Å²) in [5.74, 6) is 0.297. The molecule has 0 radical (unpaired) electrons. The van der Waals surface area contributed by atoms with E-state index in [1.54, 1.807) is 24.3 Å². The van der Waals surface area contributed by atoms with Crippen molar-refractivity contribution in [3.8, 4) is 5.75 Å². The Hall–Kier alpha value is -3.80. The smallest absolute Gasteiger partial charge is 0.323 e. The van der Waals surface area contributed by atoms with E-state index in [-0.39, 0.29) is 11.9 Å². The van der Waals surface area contributed by atoms with E-state index in [1.165, 1.54) is 7.11 Å². The van der Waals surface area contributed by atoms with Gasteiger partial charge in [0.05, 0.1) is 12.7 Å². The van der Waals surface area contributed by atoms with Crippen LogP contribution in [0.25, 0.3) is 0 Å². The molecule has 0 saturated heterocycles. The maximum absolute atomic E-state index is 12.4. The number of urea groups is 1. The zero-order valence-corrected chi connectivity index (χ0v) is 16.4. The van der Waals surface area contributed by atoms with Crippen LogP contribution in [0.15, 0.2) is 72.8 Å². The highest BCUT2D eigenvalue weighted by atomic mass is 16.5. The summed E-state index contributed by atoms with van der Waals surface area (Å²) >= 11 is 0. The largest absolute Gasteiger partial charge is 0.496 e. The number of hydrogen-bond donors (Lipinski definition) is 3. The van der Waals surface area contributed by atoms with Crippen molar-refractivity contribution in [3.63, 3.8) is 0 Å². The number of methoxy groups -OCH3 is 1. The second-order valence-corrected chi connectivity index (χ2v) is 6.53. The molecule has 0 atom stereocenters. The molecule has 0 spiro atoms. The molecule has 3 aromatic carbocycles. The Kier molecular flexibility index (Phi) is 6.47. The second-order valence-electron chi connectivity index (χ2n) is 6.53. The summed E-state index contributed by atoms with van der Waals surface area (Å²) in [7, 11) is 1.53. The van der Waals surface area contributed by atoms with Crippen LogP contribution in [0.4, 0.5) is 16.2 Å². The van der Waals surface area contributed by atoms with Gasteiger partial charge in [-0.25, -0.2) is 4.79 Å². The first-order valence-corrected chi connectivity index (χ1v) is 9.20. The fraction of sp³-hybridized carbons (Fsp3) is 0.130. The molecule has 3 rings (SSSR count). The van der Waals surface area contributed by atoms with Gasteiger partial charge < -0.3 is 20.7 Å². The van der Waals surface area contributed by atoms with E-state index in [1.807, 2.05) is 55.5 Å². The number of nitrogens with one attached hydrogen (secondary N) is 3. The summed E-state index contributed by atoms with van der Waals surface area (Å²) in [6.07, 6.45) is 0. The number of carbonyl (C=O) groups is 2. The first-order valence-electron chi connectivity index (χ1n) is 9.20. The number of benzene rings is 3. The van der Waals surface area contributed by atoms with Crippen molar-refractivity contribution in [3.05, 3.63) is 89.5 Å². The minimum atomic E-state index is -0.328. The molecule has 0 heterocycles. The summed E-state index contributed by atoms with van der Waals surface area (Å²) in [4.78, 5) is 24.6. The molecule has 0 unspecified atom stereocenters. The Labute approximate surface area is 169 Å². The molecule has 0 saturated carbocycles. The molecule has 0 bridgehead atoms. The number of hydrogen-bond acceptors (Lipinski definition) is 3. The molecular weight excluding hydrogens is 366 g/mol. The molecule has 0 fully saturated rings. The minimum absolute atomic E-state index is 0.224. The predicted molar refractivity (Wildman–Crippen MR) is 114 cm³/mol. The molecule has 0 aliphatic rings. The number of rotatable bonds is 6. The van der Waals surface area contributed by atoms with E-state index >= 15 is 0 Å². The Morgan fingerprint density at radius 3 is 2.28 bits per heavy atom. The quantitative estimate of drug-likeness (QED) is 0.577. The fourth-order valence-corrected chi connectivity index (χ4v) is 2.89. The first kappa shape index (κ1) is 19.9. The maximum Gasteiger partial charge on any atom is 0.323 e. The van der Waals surface area contributed by atoms with E-state index in [2.05, 4.69) is 16.0 Å². The van der Waals surface area contributed by atoms with Gasteiger partial charge in [0.1, 0.15) is 5.75 Å². The predicted octanol–water partition coefficient (Wildman–Crippen LogP) is 4.58. The van der Waals surface area contributed by atoms with Crippen LogP contribution >= 0.6 is 0 Å². The summed E-state index contributed by atoms with van der Waals surface area (Å²) in [5, 5.41) is 8.48. The third kappa shape index (κ3) is 5.59. The van der Waals surface area contributed by atoms with Crippen molar-refractivity contribution < 1.29 is 14.3 Å². The minimum Gasteiger partial charge on any atom is -0.496 e. The third-order valence-corrected chi connectivity index (χ3v) is 4.27. The average molecular weight is 389 g/mol. The zero-order valence-electron chi connectivity index (χ0n) is 16.4. The number of amides is 3. The van der Waals surface area contributed by atoms with Gasteiger partial charge in [-0.2, -0.15) is 0 Å². The Balaban J connectivity index is 1.59. The van der Waals surface area contributed by atoms with E-state index in [0.717, 1.165) is 16.8 Å². The second kappa shape index (κ2) is 9.41. The number of aryl methyl sites for hydroxylation is 1. The summed E-state index contributed by atoms with van der Waals surface area (Å²) in [6, 6.07) is 21.6. The van der Waals surface area contributed by atoms with Crippen LogP contribution in [0.3, 0.4) is 0 Å². The standard InChI is InChI=1S/C23H23N3O3/c1-16-7-5-9-18(13-16)25-23(28)26-19-10-6-8-17(14-19)15-24-22(27)20-11-3-4-12-21(20)29-2/h3-14H,15H2,1-2H3,(H,24,27)(H2,25,26,28). The highest BCUT2D eigenvalue weighted by Gasteiger charge is 2.11. The van der Waals surface area contributed by atoms with E-state index in [4.69, 9.17) is 4.74 Å². The highest BCUT2D eigenvalue weighted by Crippen LogP contribution is 2.17. The maximum atomic E-state index is 12.4. The van der Waals surface area contributed by atoms with E-state index in [9.17, 15) is 9.59 Å². The van der Waals surface area contributed by atoms with Gasteiger partial charge in [0.15, 0.2) is 0 Å². The lowest BCUT2D eigenvalue weighted by Crippen LogP contribution is -2.23. The number of anilines is 2. The number of carbonyl (C=O) groups excluding carboxylic acids is 2. The van der Waals surface area contributed by atoms with Crippen molar-refractivity contribution in [1.29, 1.82) is 0 Å². The van der Waals surface area contributed by atoms with Crippen LogP contribution < -0.4 is 20.7 Å². The van der Waals surface area contributed by atoms with Crippen molar-refractivity contribution >= 4 is 23.3 Å². The molecule has 29 heavy (non-hydrogen) atoms. The summed E-state index contributed by atoms with van der Waals surface area (Å²) in [6.45, 7) is 2.29. The molecule has 3 aromatic rings. The topological polar surface area (TPSA) is 79.5 Å². The molecular formula is C23H23N3O3. The van der Waals surface area contributed by atoms with Gasteiger partial charge in [0, 0.05) is 17.9 Å². The van der Waals surface area contributed by atoms with Crippen LogP contribution in [0, 0.1) is 6.92 Å². The lowest BCUT2D eigenvalue weighted by molar-refractivity contribution is 0.0948. The van der Waals surface area contributed by atoms with Gasteiger partial charge in [-0.3, -0.25) is 4.79 Å². The Morgan fingerprint density at radius 1 is 0.862 bits per heavy atom. The van der Waals surface area contributed by atoms with E-state index in [0.29, 0.717) is 23.5 Å². The summed E-state index contributed by atoms with van der Waals surface area (Å²) in [5.41, 5.74) is 3.76. The lowest BCUT2D eigenvalue weighted by atomic mass is 10.1. The van der Waals surface area contributed by atoms with Gasteiger partial charge in [-0.1, -0.05) is 36.4 Å². The SMILES string of the molecule is COc1ccccc1C(=O)NCc1cccc(NC(=O)Nc2cccc(C)c2)c1. The van der Waals surface area contributed by atoms with Crippen molar-refractivity contribution in [2.24, 2.45) is 0 Å². The molecule has 3 N–H and O–H groups in total. The fourth-order valence-electron chi connectivity index (χ4n) is 2.89. The molecule has 6 heteroatoms. The molecule has 3 amide bonds. The Morgan fingerprint density at radius 2 is 1.55 bits per heavy atom. The third-order valence-electron chi connectivity index (χ3n) is 4.27. The van der Waals surface area contributed by atoms with Crippen molar-refractivity contribution in [1.82, 2.24) is 5.32 Å².